The Kier molecular flexibility index (Phi) is 8.55. The van der Waals surface area contributed by atoms with Gasteiger partial charge >= 0.3 is 0 Å². The van der Waals surface area contributed by atoms with E-state index in [1.54, 1.807) is 6.08 Å². The fourth-order valence-corrected chi connectivity index (χ4v) is 2.74. The normalized spacial score (nSPS) is 10.7. The van der Waals surface area contributed by atoms with E-state index in [-0.39, 0.29) is 17.6 Å². The van der Waals surface area contributed by atoms with E-state index in [4.69, 9.17) is 17.0 Å². The lowest BCUT2D eigenvalue weighted by atomic mass is 10.0. The number of hydrogen-bond acceptors (Lipinski definition) is 4. The van der Waals surface area contributed by atoms with Crippen molar-refractivity contribution in [1.82, 2.24) is 16.2 Å². The number of ether oxygens (including phenoxy) is 1. The predicted molar refractivity (Wildman–Crippen MR) is 123 cm³/mol. The topological polar surface area (TPSA) is 79.5 Å². The molecule has 0 unspecified atom stereocenters. The summed E-state index contributed by atoms with van der Waals surface area (Å²) in [6.07, 6.45) is 3.05. The largest absolute Gasteiger partial charge is 0.483 e. The SMILES string of the molecule is Cc1ccc(/C=C/C(=O)NC(=S)NNC(=O)COc2cc(C)ccc2C(C)C)cc1. The molecule has 0 radical (unpaired) electrons. The molecular weight excluding hydrogens is 398 g/mol. The number of amides is 2. The summed E-state index contributed by atoms with van der Waals surface area (Å²) in [7, 11) is 0. The van der Waals surface area contributed by atoms with Gasteiger partial charge in [0.2, 0.25) is 5.91 Å². The highest BCUT2D eigenvalue weighted by Crippen LogP contribution is 2.27. The maximum Gasteiger partial charge on any atom is 0.276 e. The number of carbonyl (C=O) groups is 2. The van der Waals surface area contributed by atoms with Crippen molar-refractivity contribution in [3.8, 4) is 5.75 Å². The fraction of sp³-hybridized carbons (Fsp3) is 0.261. The highest BCUT2D eigenvalue weighted by Gasteiger charge is 2.10. The molecule has 0 atom stereocenters. The van der Waals surface area contributed by atoms with Crippen LogP contribution in [0.1, 0.15) is 42.0 Å². The summed E-state index contributed by atoms with van der Waals surface area (Å²) in [5, 5.41) is 2.45. The van der Waals surface area contributed by atoms with Crippen LogP contribution in [-0.2, 0) is 9.59 Å². The first-order valence-corrected chi connectivity index (χ1v) is 10.0. The summed E-state index contributed by atoms with van der Waals surface area (Å²) < 4.78 is 5.66. The Labute approximate surface area is 182 Å². The van der Waals surface area contributed by atoms with Crippen LogP contribution in [0, 0.1) is 13.8 Å². The Hall–Kier alpha value is -3.19. The van der Waals surface area contributed by atoms with Crippen molar-refractivity contribution in [3.63, 3.8) is 0 Å². The minimum Gasteiger partial charge on any atom is -0.483 e. The molecule has 6 nitrogen and oxygen atoms in total. The molecule has 2 aromatic carbocycles. The maximum absolute atomic E-state index is 12.0. The highest BCUT2D eigenvalue weighted by molar-refractivity contribution is 7.80. The number of hydrogen-bond donors (Lipinski definition) is 3. The molecule has 0 aliphatic heterocycles. The summed E-state index contributed by atoms with van der Waals surface area (Å²) in [6.45, 7) is 7.90. The van der Waals surface area contributed by atoms with E-state index in [9.17, 15) is 9.59 Å². The molecule has 7 heteroatoms. The molecule has 2 aromatic rings. The molecule has 0 fully saturated rings. The van der Waals surface area contributed by atoms with Gasteiger partial charge < -0.3 is 4.74 Å². The van der Waals surface area contributed by atoms with Crippen LogP contribution in [0.3, 0.4) is 0 Å². The molecular formula is C23H27N3O3S. The minimum atomic E-state index is -0.419. The molecule has 0 saturated carbocycles. The molecule has 0 aliphatic carbocycles. The van der Waals surface area contributed by atoms with Gasteiger partial charge in [-0.1, -0.05) is 55.8 Å². The Morgan fingerprint density at radius 3 is 2.37 bits per heavy atom. The average molecular weight is 426 g/mol. The van der Waals surface area contributed by atoms with E-state index < -0.39 is 11.8 Å². The van der Waals surface area contributed by atoms with Gasteiger partial charge in [-0.05, 0) is 60.8 Å². The molecule has 2 amide bonds. The van der Waals surface area contributed by atoms with Gasteiger partial charge in [0.1, 0.15) is 5.75 Å². The van der Waals surface area contributed by atoms with E-state index in [2.05, 4.69) is 30.0 Å². The molecule has 0 spiro atoms. The van der Waals surface area contributed by atoms with Gasteiger partial charge in [-0.3, -0.25) is 25.8 Å². The van der Waals surface area contributed by atoms with Crippen LogP contribution in [0.4, 0.5) is 0 Å². The molecule has 0 bridgehead atoms. The predicted octanol–water partition coefficient (Wildman–Crippen LogP) is 3.54. The lowest BCUT2D eigenvalue weighted by molar-refractivity contribution is -0.123. The first-order chi connectivity index (χ1) is 14.2. The number of nitrogens with one attached hydrogen (secondary N) is 3. The standard InChI is InChI=1S/C23H27N3O3S/c1-15(2)19-11-7-17(4)13-20(19)29-14-22(28)25-26-23(30)24-21(27)12-10-18-8-5-16(3)6-9-18/h5-13,15H,14H2,1-4H3,(H,25,28)(H2,24,26,27,30)/b12-10+. The smallest absolute Gasteiger partial charge is 0.276 e. The zero-order chi connectivity index (χ0) is 22.1. The second-order valence-corrected chi connectivity index (χ2v) is 7.63. The first-order valence-electron chi connectivity index (χ1n) is 9.62. The zero-order valence-electron chi connectivity index (χ0n) is 17.6. The van der Waals surface area contributed by atoms with Gasteiger partial charge in [0, 0.05) is 6.08 Å². The molecule has 158 valence electrons. The van der Waals surface area contributed by atoms with E-state index >= 15 is 0 Å². The number of hydrazine groups is 1. The van der Waals surface area contributed by atoms with Crippen LogP contribution < -0.4 is 20.9 Å². The monoisotopic (exact) mass is 425 g/mol. The average Bonchev–Trinajstić information content (AvgIpc) is 2.70. The molecule has 0 heterocycles. The number of thiocarbonyl (C=S) groups is 1. The number of carbonyl (C=O) groups excluding carboxylic acids is 2. The van der Waals surface area contributed by atoms with Crippen LogP contribution >= 0.6 is 12.2 Å². The van der Waals surface area contributed by atoms with Crippen molar-refractivity contribution in [2.45, 2.75) is 33.6 Å². The molecule has 0 aromatic heterocycles. The van der Waals surface area contributed by atoms with Gasteiger partial charge in [0.25, 0.3) is 5.91 Å². The third-order valence-electron chi connectivity index (χ3n) is 4.21. The van der Waals surface area contributed by atoms with Crippen molar-refractivity contribution in [3.05, 3.63) is 70.8 Å². The summed E-state index contributed by atoms with van der Waals surface area (Å²) in [4.78, 5) is 23.9. The molecule has 2 rings (SSSR count). The van der Waals surface area contributed by atoms with E-state index in [1.807, 2.05) is 56.3 Å². The minimum absolute atomic E-state index is 0.0136. The summed E-state index contributed by atoms with van der Waals surface area (Å²) in [6, 6.07) is 13.7. The van der Waals surface area contributed by atoms with Gasteiger partial charge in [0.15, 0.2) is 11.7 Å². The molecule has 30 heavy (non-hydrogen) atoms. The van der Waals surface area contributed by atoms with Crippen molar-refractivity contribution >= 4 is 35.2 Å². The fourth-order valence-electron chi connectivity index (χ4n) is 2.58. The van der Waals surface area contributed by atoms with Gasteiger partial charge in [-0.15, -0.1) is 0 Å². The van der Waals surface area contributed by atoms with Crippen molar-refractivity contribution in [2.24, 2.45) is 0 Å². The van der Waals surface area contributed by atoms with Crippen molar-refractivity contribution in [2.75, 3.05) is 6.61 Å². The number of benzene rings is 2. The summed E-state index contributed by atoms with van der Waals surface area (Å²) >= 11 is 5.01. The second-order valence-electron chi connectivity index (χ2n) is 7.22. The number of rotatable bonds is 6. The van der Waals surface area contributed by atoms with Crippen LogP contribution in [0.2, 0.25) is 0 Å². The Morgan fingerprint density at radius 2 is 1.70 bits per heavy atom. The molecule has 0 aliphatic rings. The molecule has 0 saturated heterocycles. The Balaban J connectivity index is 1.76. The maximum atomic E-state index is 12.0. The van der Waals surface area contributed by atoms with Crippen LogP contribution in [0.5, 0.6) is 5.75 Å². The zero-order valence-corrected chi connectivity index (χ0v) is 18.4. The van der Waals surface area contributed by atoms with E-state index in [0.717, 1.165) is 22.3 Å². The first kappa shape index (κ1) is 23.1. The van der Waals surface area contributed by atoms with Crippen LogP contribution in [-0.4, -0.2) is 23.5 Å². The Bertz CT molecular complexity index is 937. The lowest BCUT2D eigenvalue weighted by Gasteiger charge is -2.15. The van der Waals surface area contributed by atoms with E-state index in [1.165, 1.54) is 6.08 Å². The third kappa shape index (κ3) is 7.67. The van der Waals surface area contributed by atoms with Gasteiger partial charge in [-0.2, -0.15) is 0 Å². The quantitative estimate of drug-likeness (QED) is 0.375. The van der Waals surface area contributed by atoms with Crippen molar-refractivity contribution < 1.29 is 14.3 Å². The van der Waals surface area contributed by atoms with Crippen molar-refractivity contribution in [1.29, 1.82) is 0 Å². The number of aryl methyl sites for hydroxylation is 2. The highest BCUT2D eigenvalue weighted by atomic mass is 32.1. The van der Waals surface area contributed by atoms with Crippen LogP contribution in [0.25, 0.3) is 6.08 Å². The van der Waals surface area contributed by atoms with E-state index in [0.29, 0.717) is 5.75 Å². The Morgan fingerprint density at radius 1 is 1.03 bits per heavy atom. The van der Waals surface area contributed by atoms with Gasteiger partial charge in [0.05, 0.1) is 0 Å². The molecule has 3 N–H and O–H groups in total. The second kappa shape index (κ2) is 11.1. The van der Waals surface area contributed by atoms with Gasteiger partial charge in [-0.25, -0.2) is 0 Å². The third-order valence-corrected chi connectivity index (χ3v) is 4.41. The van der Waals surface area contributed by atoms with Crippen LogP contribution in [0.15, 0.2) is 48.5 Å². The lowest BCUT2D eigenvalue weighted by Crippen LogP contribution is -2.49. The summed E-state index contributed by atoms with van der Waals surface area (Å²) in [5.74, 6) is 0.132. The summed E-state index contributed by atoms with van der Waals surface area (Å²) in [5.41, 5.74) is 9.02.